The van der Waals surface area contributed by atoms with Gasteiger partial charge in [0.2, 0.25) is 0 Å². The highest BCUT2D eigenvalue weighted by atomic mass is 16.5. The van der Waals surface area contributed by atoms with E-state index in [4.69, 9.17) is 10.5 Å². The molecule has 0 amide bonds. The molecule has 2 aromatic rings. The zero-order valence-corrected chi connectivity index (χ0v) is 9.36. The lowest BCUT2D eigenvalue weighted by atomic mass is 10.1. The molecule has 0 aliphatic heterocycles. The molecule has 0 saturated carbocycles. The number of hydrogen-bond donors (Lipinski definition) is 2. The maximum atomic E-state index is 5.91. The Kier molecular flexibility index (Phi) is 3.27. The molecule has 1 heterocycles. The number of hydrogen-bond acceptors (Lipinski definition) is 2. The van der Waals surface area contributed by atoms with E-state index in [1.54, 1.807) is 7.11 Å². The number of rotatable bonds is 4. The molecule has 3 N–H and O–H groups in total. The molecule has 0 fully saturated rings. The zero-order chi connectivity index (χ0) is 11.4. The van der Waals surface area contributed by atoms with Crippen molar-refractivity contribution in [3.8, 4) is 0 Å². The maximum absolute atomic E-state index is 5.91. The van der Waals surface area contributed by atoms with Gasteiger partial charge in [0.1, 0.15) is 0 Å². The van der Waals surface area contributed by atoms with Crippen LogP contribution in [0.4, 0.5) is 0 Å². The minimum atomic E-state index is 0.657. The molecular formula is C13H16N2O. The number of benzene rings is 1. The number of nitrogens with two attached hydrogens (primary N) is 1. The van der Waals surface area contributed by atoms with Crippen molar-refractivity contribution in [1.29, 1.82) is 0 Å². The van der Waals surface area contributed by atoms with Crippen LogP contribution < -0.4 is 5.73 Å². The Morgan fingerprint density at radius 2 is 2.25 bits per heavy atom. The first-order valence-electron chi connectivity index (χ1n) is 5.32. The SMILES string of the molecule is COCC/C(N)=C\c1c[nH]c2ccccc12. The normalized spacial score (nSPS) is 12.2. The van der Waals surface area contributed by atoms with Crippen LogP contribution in [-0.2, 0) is 4.74 Å². The average molecular weight is 216 g/mol. The van der Waals surface area contributed by atoms with Crippen LogP contribution in [0.1, 0.15) is 12.0 Å². The van der Waals surface area contributed by atoms with Crippen LogP contribution in [0, 0.1) is 0 Å². The van der Waals surface area contributed by atoms with E-state index < -0.39 is 0 Å². The topological polar surface area (TPSA) is 51.0 Å². The fourth-order valence-corrected chi connectivity index (χ4v) is 1.71. The molecule has 0 spiro atoms. The predicted molar refractivity (Wildman–Crippen MR) is 67.0 cm³/mol. The molecule has 3 heteroatoms. The molecule has 1 aromatic heterocycles. The Bertz CT molecular complexity index is 499. The van der Waals surface area contributed by atoms with Crippen LogP contribution in [-0.4, -0.2) is 18.7 Å². The Morgan fingerprint density at radius 1 is 1.44 bits per heavy atom. The first-order chi connectivity index (χ1) is 7.81. The minimum Gasteiger partial charge on any atom is -0.402 e. The van der Waals surface area contributed by atoms with Crippen molar-refractivity contribution in [1.82, 2.24) is 4.98 Å². The van der Waals surface area contributed by atoms with Crippen LogP contribution in [0.25, 0.3) is 17.0 Å². The van der Waals surface area contributed by atoms with Gasteiger partial charge in [0.25, 0.3) is 0 Å². The van der Waals surface area contributed by atoms with Gasteiger partial charge in [-0.25, -0.2) is 0 Å². The second-order valence-corrected chi connectivity index (χ2v) is 3.75. The average Bonchev–Trinajstić information content (AvgIpc) is 2.70. The van der Waals surface area contributed by atoms with Gasteiger partial charge in [-0.05, 0) is 12.1 Å². The number of para-hydroxylation sites is 1. The molecule has 0 radical (unpaired) electrons. The molecule has 2 rings (SSSR count). The highest BCUT2D eigenvalue weighted by Gasteiger charge is 2.00. The molecule has 0 saturated heterocycles. The van der Waals surface area contributed by atoms with Crippen LogP contribution in [0.15, 0.2) is 36.2 Å². The summed E-state index contributed by atoms with van der Waals surface area (Å²) in [5.74, 6) is 0. The zero-order valence-electron chi connectivity index (χ0n) is 9.36. The van der Waals surface area contributed by atoms with Gasteiger partial charge in [0.15, 0.2) is 0 Å². The van der Waals surface area contributed by atoms with Gasteiger partial charge < -0.3 is 15.5 Å². The van der Waals surface area contributed by atoms with Gasteiger partial charge >= 0.3 is 0 Å². The van der Waals surface area contributed by atoms with Crippen molar-refractivity contribution in [3.05, 3.63) is 41.7 Å². The molecular weight excluding hydrogens is 200 g/mol. The van der Waals surface area contributed by atoms with Crippen LogP contribution in [0.2, 0.25) is 0 Å². The van der Waals surface area contributed by atoms with E-state index in [2.05, 4.69) is 17.1 Å². The monoisotopic (exact) mass is 216 g/mol. The van der Waals surface area contributed by atoms with E-state index in [9.17, 15) is 0 Å². The maximum Gasteiger partial charge on any atom is 0.0516 e. The molecule has 0 bridgehead atoms. The van der Waals surface area contributed by atoms with Crippen molar-refractivity contribution in [2.45, 2.75) is 6.42 Å². The van der Waals surface area contributed by atoms with Gasteiger partial charge in [-0.2, -0.15) is 0 Å². The predicted octanol–water partition coefficient (Wildman–Crippen LogP) is 2.50. The van der Waals surface area contributed by atoms with Crippen molar-refractivity contribution < 1.29 is 4.74 Å². The Labute approximate surface area is 94.9 Å². The summed E-state index contributed by atoms with van der Waals surface area (Å²) >= 11 is 0. The Hall–Kier alpha value is -1.74. The van der Waals surface area contributed by atoms with Crippen molar-refractivity contribution in [2.24, 2.45) is 5.73 Å². The molecule has 3 nitrogen and oxygen atoms in total. The van der Waals surface area contributed by atoms with Gasteiger partial charge in [0, 0.05) is 41.9 Å². The van der Waals surface area contributed by atoms with Crippen molar-refractivity contribution in [3.63, 3.8) is 0 Å². The number of nitrogens with one attached hydrogen (secondary N) is 1. The number of aromatic amines is 1. The van der Waals surface area contributed by atoms with E-state index in [1.165, 1.54) is 5.39 Å². The van der Waals surface area contributed by atoms with E-state index in [0.717, 1.165) is 23.2 Å². The number of fused-ring (bicyclic) bond motifs is 1. The van der Waals surface area contributed by atoms with E-state index in [-0.39, 0.29) is 0 Å². The lowest BCUT2D eigenvalue weighted by Crippen LogP contribution is -2.00. The van der Waals surface area contributed by atoms with Gasteiger partial charge in [0.05, 0.1) is 6.61 Å². The molecule has 1 aromatic carbocycles. The Morgan fingerprint density at radius 3 is 3.06 bits per heavy atom. The molecule has 16 heavy (non-hydrogen) atoms. The summed E-state index contributed by atoms with van der Waals surface area (Å²) in [5, 5.41) is 1.20. The summed E-state index contributed by atoms with van der Waals surface area (Å²) < 4.78 is 4.99. The van der Waals surface area contributed by atoms with Crippen molar-refractivity contribution in [2.75, 3.05) is 13.7 Å². The van der Waals surface area contributed by atoms with E-state index >= 15 is 0 Å². The van der Waals surface area contributed by atoms with Crippen molar-refractivity contribution >= 4 is 17.0 Å². The Balaban J connectivity index is 2.27. The standard InChI is InChI=1S/C13H16N2O/c1-16-7-6-11(14)8-10-9-15-13-5-3-2-4-12(10)13/h2-5,8-9,15H,6-7,14H2,1H3/b11-8+. The lowest BCUT2D eigenvalue weighted by Gasteiger charge is -1.99. The first kappa shape index (κ1) is 10.8. The second kappa shape index (κ2) is 4.86. The second-order valence-electron chi connectivity index (χ2n) is 3.75. The molecule has 0 atom stereocenters. The fraction of sp³-hybridized carbons (Fsp3) is 0.231. The molecule has 84 valence electrons. The van der Waals surface area contributed by atoms with Crippen LogP contribution >= 0.6 is 0 Å². The molecule has 0 aliphatic carbocycles. The summed E-state index contributed by atoms with van der Waals surface area (Å²) in [6, 6.07) is 8.18. The highest BCUT2D eigenvalue weighted by molar-refractivity contribution is 5.89. The summed E-state index contributed by atoms with van der Waals surface area (Å²) in [6.45, 7) is 0.657. The van der Waals surface area contributed by atoms with Gasteiger partial charge in [-0.15, -0.1) is 0 Å². The van der Waals surface area contributed by atoms with Gasteiger partial charge in [-0.1, -0.05) is 18.2 Å². The highest BCUT2D eigenvalue weighted by Crippen LogP contribution is 2.19. The number of methoxy groups -OCH3 is 1. The third kappa shape index (κ3) is 2.25. The molecule has 0 aliphatic rings. The summed E-state index contributed by atoms with van der Waals surface area (Å²) in [4.78, 5) is 3.22. The van der Waals surface area contributed by atoms with Crippen LogP contribution in [0.3, 0.4) is 0 Å². The van der Waals surface area contributed by atoms with E-state index in [0.29, 0.717) is 6.61 Å². The fourth-order valence-electron chi connectivity index (χ4n) is 1.71. The number of aromatic nitrogens is 1. The quantitative estimate of drug-likeness (QED) is 0.825. The van der Waals surface area contributed by atoms with Gasteiger partial charge in [-0.3, -0.25) is 0 Å². The summed E-state index contributed by atoms with van der Waals surface area (Å²) in [5.41, 5.74) is 9.01. The summed E-state index contributed by atoms with van der Waals surface area (Å²) in [6.07, 6.45) is 4.73. The third-order valence-electron chi connectivity index (χ3n) is 2.56. The molecule has 0 unspecified atom stereocenters. The smallest absolute Gasteiger partial charge is 0.0516 e. The third-order valence-corrected chi connectivity index (χ3v) is 2.56. The largest absolute Gasteiger partial charge is 0.402 e. The minimum absolute atomic E-state index is 0.657. The lowest BCUT2D eigenvalue weighted by molar-refractivity contribution is 0.202. The first-order valence-corrected chi connectivity index (χ1v) is 5.32. The van der Waals surface area contributed by atoms with Crippen LogP contribution in [0.5, 0.6) is 0 Å². The number of H-pyrrole nitrogens is 1. The van der Waals surface area contributed by atoms with E-state index in [1.807, 2.05) is 24.4 Å². The number of ether oxygens (including phenoxy) is 1. The summed E-state index contributed by atoms with van der Waals surface area (Å²) in [7, 11) is 1.68.